The molecule has 0 amide bonds. The van der Waals surface area contributed by atoms with Crippen molar-refractivity contribution in [3.8, 4) is 5.75 Å². The van der Waals surface area contributed by atoms with Crippen LogP contribution in [-0.4, -0.2) is 25.2 Å². The summed E-state index contributed by atoms with van der Waals surface area (Å²) >= 11 is 0. The van der Waals surface area contributed by atoms with Gasteiger partial charge in [-0.15, -0.1) is 0 Å². The fourth-order valence-corrected chi connectivity index (χ4v) is 2.32. The van der Waals surface area contributed by atoms with Gasteiger partial charge in [0.25, 0.3) is 0 Å². The molecular formula is C20H21FO5. The maximum Gasteiger partial charge on any atom is 0.338 e. The highest BCUT2D eigenvalue weighted by Crippen LogP contribution is 2.18. The van der Waals surface area contributed by atoms with Crippen LogP contribution in [0, 0.1) is 5.82 Å². The number of halogens is 1. The lowest BCUT2D eigenvalue weighted by Crippen LogP contribution is -2.10. The monoisotopic (exact) mass is 360 g/mol. The van der Waals surface area contributed by atoms with Gasteiger partial charge in [-0.1, -0.05) is 18.2 Å². The molecule has 5 nitrogen and oxygen atoms in total. The Balaban J connectivity index is 2.02. The van der Waals surface area contributed by atoms with Crippen molar-refractivity contribution < 1.29 is 28.2 Å². The summed E-state index contributed by atoms with van der Waals surface area (Å²) in [4.78, 5) is 23.4. The van der Waals surface area contributed by atoms with Crippen LogP contribution in [0.1, 0.15) is 35.3 Å². The predicted molar refractivity (Wildman–Crippen MR) is 93.5 cm³/mol. The molecular weight excluding hydrogens is 339 g/mol. The molecule has 0 aliphatic carbocycles. The van der Waals surface area contributed by atoms with E-state index in [0.717, 1.165) is 11.6 Å². The first-order valence-electron chi connectivity index (χ1n) is 8.36. The van der Waals surface area contributed by atoms with Gasteiger partial charge in [0.1, 0.15) is 18.2 Å². The van der Waals surface area contributed by atoms with Crippen molar-refractivity contribution in [3.63, 3.8) is 0 Å². The van der Waals surface area contributed by atoms with Crippen LogP contribution in [0.3, 0.4) is 0 Å². The second-order valence-corrected chi connectivity index (χ2v) is 5.44. The molecule has 0 saturated heterocycles. The molecule has 0 N–H and O–H groups in total. The Hall–Kier alpha value is -2.89. The van der Waals surface area contributed by atoms with Gasteiger partial charge < -0.3 is 14.2 Å². The maximum absolute atomic E-state index is 13.4. The van der Waals surface area contributed by atoms with Crippen LogP contribution < -0.4 is 4.74 Å². The van der Waals surface area contributed by atoms with Crippen molar-refractivity contribution in [2.45, 2.75) is 26.9 Å². The third-order valence-electron chi connectivity index (χ3n) is 3.54. The molecule has 0 saturated carbocycles. The summed E-state index contributed by atoms with van der Waals surface area (Å²) in [6.07, 6.45) is 0.194. The molecule has 0 atom stereocenters. The second kappa shape index (κ2) is 9.56. The lowest BCUT2D eigenvalue weighted by molar-refractivity contribution is -0.142. The van der Waals surface area contributed by atoms with E-state index in [1.165, 1.54) is 12.1 Å². The highest BCUT2D eigenvalue weighted by atomic mass is 19.1. The summed E-state index contributed by atoms with van der Waals surface area (Å²) in [5.41, 5.74) is 1.48. The van der Waals surface area contributed by atoms with E-state index in [9.17, 15) is 14.0 Å². The molecule has 0 bridgehead atoms. The second-order valence-electron chi connectivity index (χ2n) is 5.44. The van der Waals surface area contributed by atoms with Crippen molar-refractivity contribution >= 4 is 11.9 Å². The Morgan fingerprint density at radius 1 is 0.962 bits per heavy atom. The number of carbonyl (C=O) groups is 2. The first kappa shape index (κ1) is 19.4. The molecule has 0 aromatic heterocycles. The average molecular weight is 360 g/mol. The van der Waals surface area contributed by atoms with Gasteiger partial charge in [0.05, 0.1) is 25.2 Å². The highest BCUT2D eigenvalue weighted by Gasteiger charge is 2.14. The quantitative estimate of drug-likeness (QED) is 0.672. The zero-order valence-corrected chi connectivity index (χ0v) is 14.8. The van der Waals surface area contributed by atoms with Crippen molar-refractivity contribution in [3.05, 3.63) is 65.0 Å². The molecule has 2 rings (SSSR count). The minimum atomic E-state index is -0.588. The minimum absolute atomic E-state index is 0.0889. The fraction of sp³-hybridized carbons (Fsp3) is 0.300. The van der Waals surface area contributed by atoms with E-state index in [0.29, 0.717) is 17.9 Å². The normalized spacial score (nSPS) is 10.3. The fourth-order valence-electron chi connectivity index (χ4n) is 2.32. The van der Waals surface area contributed by atoms with E-state index in [1.807, 2.05) is 0 Å². The van der Waals surface area contributed by atoms with Crippen LogP contribution in [0.4, 0.5) is 4.39 Å². The number of benzene rings is 2. The van der Waals surface area contributed by atoms with Crippen molar-refractivity contribution in [1.82, 2.24) is 0 Å². The van der Waals surface area contributed by atoms with Crippen molar-refractivity contribution in [2.75, 3.05) is 13.2 Å². The zero-order chi connectivity index (χ0) is 18.9. The van der Waals surface area contributed by atoms with Crippen LogP contribution in [0.5, 0.6) is 5.75 Å². The van der Waals surface area contributed by atoms with Crippen LogP contribution in [0.25, 0.3) is 0 Å². The first-order chi connectivity index (χ1) is 12.5. The van der Waals surface area contributed by atoms with Crippen LogP contribution in [0.15, 0.2) is 42.5 Å². The van der Waals surface area contributed by atoms with Crippen molar-refractivity contribution in [1.29, 1.82) is 0 Å². The standard InChI is InChI=1S/C20H21FO5/c1-3-24-19(22)11-14-5-9-17(10-6-14)26-13-15-7-8-16(21)12-18(15)20(23)25-4-2/h5-10,12H,3-4,11,13H2,1-2H3. The lowest BCUT2D eigenvalue weighted by Gasteiger charge is -2.11. The van der Waals surface area contributed by atoms with Gasteiger partial charge in [0.15, 0.2) is 0 Å². The molecule has 0 spiro atoms. The molecule has 0 aliphatic heterocycles. The van der Waals surface area contributed by atoms with E-state index < -0.39 is 11.8 Å². The minimum Gasteiger partial charge on any atom is -0.489 e. The molecule has 6 heteroatoms. The lowest BCUT2D eigenvalue weighted by atomic mass is 10.1. The van der Waals surface area contributed by atoms with Gasteiger partial charge in [0, 0.05) is 5.56 Å². The van der Waals surface area contributed by atoms with E-state index in [1.54, 1.807) is 38.1 Å². The molecule has 0 unspecified atom stereocenters. The summed E-state index contributed by atoms with van der Waals surface area (Å²) in [5.74, 6) is -0.821. The molecule has 26 heavy (non-hydrogen) atoms. The number of carbonyl (C=O) groups excluding carboxylic acids is 2. The molecule has 138 valence electrons. The van der Waals surface area contributed by atoms with Gasteiger partial charge >= 0.3 is 11.9 Å². The maximum atomic E-state index is 13.4. The van der Waals surface area contributed by atoms with Gasteiger partial charge in [0.2, 0.25) is 0 Å². The molecule has 0 radical (unpaired) electrons. The summed E-state index contributed by atoms with van der Waals surface area (Å²) < 4.78 is 28.9. The third kappa shape index (κ3) is 5.58. The summed E-state index contributed by atoms with van der Waals surface area (Å²) in [6, 6.07) is 10.9. The molecule has 0 aliphatic rings. The molecule has 0 heterocycles. The number of hydrogen-bond donors (Lipinski definition) is 0. The Kier molecular flexibility index (Phi) is 7.14. The van der Waals surface area contributed by atoms with Gasteiger partial charge in [-0.3, -0.25) is 4.79 Å². The summed E-state index contributed by atoms with van der Waals surface area (Å²) in [6.45, 7) is 4.09. The average Bonchev–Trinajstić information content (AvgIpc) is 2.62. The Morgan fingerprint density at radius 3 is 2.31 bits per heavy atom. The Labute approximate surface area is 151 Å². The van der Waals surface area contributed by atoms with E-state index in [-0.39, 0.29) is 31.2 Å². The number of rotatable bonds is 8. The van der Waals surface area contributed by atoms with Crippen molar-refractivity contribution in [2.24, 2.45) is 0 Å². The number of hydrogen-bond acceptors (Lipinski definition) is 5. The smallest absolute Gasteiger partial charge is 0.338 e. The number of ether oxygens (including phenoxy) is 3. The highest BCUT2D eigenvalue weighted by molar-refractivity contribution is 5.91. The first-order valence-corrected chi connectivity index (χ1v) is 8.36. The Morgan fingerprint density at radius 2 is 1.65 bits per heavy atom. The molecule has 2 aromatic rings. The van der Waals surface area contributed by atoms with E-state index in [2.05, 4.69) is 0 Å². The molecule has 2 aromatic carbocycles. The Bertz CT molecular complexity index is 755. The van der Waals surface area contributed by atoms with Gasteiger partial charge in [-0.05, 0) is 43.7 Å². The zero-order valence-electron chi connectivity index (χ0n) is 14.8. The third-order valence-corrected chi connectivity index (χ3v) is 3.54. The number of esters is 2. The predicted octanol–water partition coefficient (Wildman–Crippen LogP) is 3.69. The van der Waals surface area contributed by atoms with Gasteiger partial charge in [-0.25, -0.2) is 9.18 Å². The summed E-state index contributed by atoms with van der Waals surface area (Å²) in [5, 5.41) is 0. The SMILES string of the molecule is CCOC(=O)Cc1ccc(OCc2ccc(F)cc2C(=O)OCC)cc1. The van der Waals surface area contributed by atoms with Gasteiger partial charge in [-0.2, -0.15) is 0 Å². The van der Waals surface area contributed by atoms with E-state index in [4.69, 9.17) is 14.2 Å². The van der Waals surface area contributed by atoms with Crippen LogP contribution in [-0.2, 0) is 27.3 Å². The van der Waals surface area contributed by atoms with Crippen LogP contribution >= 0.6 is 0 Å². The summed E-state index contributed by atoms with van der Waals surface area (Å²) in [7, 11) is 0. The largest absolute Gasteiger partial charge is 0.489 e. The molecule has 0 fully saturated rings. The van der Waals surface area contributed by atoms with Crippen LogP contribution in [0.2, 0.25) is 0 Å². The van der Waals surface area contributed by atoms with E-state index >= 15 is 0 Å². The topological polar surface area (TPSA) is 61.8 Å².